The molecule has 7 heavy (non-hydrogen) atoms. The predicted octanol–water partition coefficient (Wildman–Crippen LogP) is -0.140. The van der Waals surface area contributed by atoms with E-state index in [2.05, 4.69) is 4.74 Å². The van der Waals surface area contributed by atoms with Crippen LogP contribution in [0.15, 0.2) is 0 Å². The van der Waals surface area contributed by atoms with E-state index >= 15 is 0 Å². The van der Waals surface area contributed by atoms with Crippen molar-refractivity contribution < 1.29 is 14.6 Å². The molecule has 0 aliphatic carbocycles. The van der Waals surface area contributed by atoms with Crippen molar-refractivity contribution in [3.63, 3.8) is 0 Å². The Morgan fingerprint density at radius 3 is 2.71 bits per heavy atom. The minimum Gasteiger partial charge on any atom is -0.481 e. The highest BCUT2D eigenvalue weighted by Crippen LogP contribution is 2.12. The minimum atomic E-state index is -0.775. The Morgan fingerprint density at radius 2 is 2.57 bits per heavy atom. The predicted molar refractivity (Wildman–Crippen MR) is 22.0 cm³/mol. The monoisotopic (exact) mass is 102 g/mol. The van der Waals surface area contributed by atoms with E-state index in [0.717, 1.165) is 0 Å². The summed E-state index contributed by atoms with van der Waals surface area (Å²) >= 11 is 0. The molecule has 3 nitrogen and oxygen atoms in total. The molecule has 1 saturated heterocycles. The van der Waals surface area contributed by atoms with E-state index in [0.29, 0.717) is 6.61 Å². The lowest BCUT2D eigenvalue weighted by molar-refractivity contribution is -0.137. The molecule has 3 heteroatoms. The lowest BCUT2D eigenvalue weighted by atomic mass is 10.3. The third-order valence-electron chi connectivity index (χ3n) is 0.805. The van der Waals surface area contributed by atoms with Gasteiger partial charge in [-0.25, -0.2) is 0 Å². The van der Waals surface area contributed by atoms with E-state index in [-0.39, 0.29) is 12.5 Å². The van der Waals surface area contributed by atoms with Crippen molar-refractivity contribution in [2.45, 2.75) is 12.5 Å². The quantitative estimate of drug-likeness (QED) is 0.493. The summed E-state index contributed by atoms with van der Waals surface area (Å²) in [6.07, 6.45) is 0.192. The van der Waals surface area contributed by atoms with Crippen molar-refractivity contribution >= 4 is 5.97 Å². The zero-order valence-corrected chi connectivity index (χ0v) is 3.76. The molecule has 1 heterocycles. The Morgan fingerprint density at radius 1 is 2.00 bits per heavy atom. The molecule has 0 radical (unpaired) electrons. The van der Waals surface area contributed by atoms with E-state index in [1.54, 1.807) is 0 Å². The van der Waals surface area contributed by atoms with Gasteiger partial charge in [-0.15, -0.1) is 0 Å². The maximum Gasteiger partial charge on any atom is 0.306 e. The largest absolute Gasteiger partial charge is 0.481 e. The van der Waals surface area contributed by atoms with Crippen LogP contribution in [0.25, 0.3) is 0 Å². The Balaban J connectivity index is 2.08. The van der Waals surface area contributed by atoms with Gasteiger partial charge >= 0.3 is 5.97 Å². The molecule has 1 aliphatic heterocycles. The molecule has 0 unspecified atom stereocenters. The maximum atomic E-state index is 9.77. The molecule has 1 N–H and O–H groups in total. The van der Waals surface area contributed by atoms with Crippen LogP contribution >= 0.6 is 0 Å². The lowest BCUT2D eigenvalue weighted by Gasteiger charge is -1.80. The van der Waals surface area contributed by atoms with Crippen molar-refractivity contribution in [2.75, 3.05) is 6.61 Å². The van der Waals surface area contributed by atoms with Gasteiger partial charge in [0.2, 0.25) is 0 Å². The number of carboxylic acids is 1. The molecular formula is C4H6O3. The molecule has 1 aliphatic rings. The Labute approximate surface area is 40.9 Å². The Hall–Kier alpha value is -0.570. The van der Waals surface area contributed by atoms with Gasteiger partial charge in [-0.05, 0) is 0 Å². The maximum absolute atomic E-state index is 9.77. The van der Waals surface area contributed by atoms with Crippen LogP contribution in [0.5, 0.6) is 0 Å². The van der Waals surface area contributed by atoms with Gasteiger partial charge in [0.15, 0.2) is 0 Å². The van der Waals surface area contributed by atoms with Crippen molar-refractivity contribution in [1.29, 1.82) is 0 Å². The summed E-state index contributed by atoms with van der Waals surface area (Å²) in [5.74, 6) is -0.775. The summed E-state index contributed by atoms with van der Waals surface area (Å²) in [6, 6.07) is 0. The average molecular weight is 102 g/mol. The highest BCUT2D eigenvalue weighted by molar-refractivity contribution is 5.67. The van der Waals surface area contributed by atoms with Crippen LogP contribution in [0.4, 0.5) is 0 Å². The molecule has 0 amide bonds. The normalized spacial score (nSPS) is 27.1. The number of hydrogen-bond acceptors (Lipinski definition) is 2. The van der Waals surface area contributed by atoms with E-state index < -0.39 is 5.97 Å². The fourth-order valence-corrected chi connectivity index (χ4v) is 0.381. The van der Waals surface area contributed by atoms with Gasteiger partial charge < -0.3 is 9.84 Å². The fraction of sp³-hybridized carbons (Fsp3) is 0.750. The molecule has 0 spiro atoms. The first-order chi connectivity index (χ1) is 3.29. The molecule has 0 bridgehead atoms. The van der Waals surface area contributed by atoms with Crippen LogP contribution in [0, 0.1) is 0 Å². The van der Waals surface area contributed by atoms with E-state index in [1.807, 2.05) is 0 Å². The molecular weight excluding hydrogens is 96.0 g/mol. The number of rotatable bonds is 2. The first kappa shape index (κ1) is 4.59. The molecule has 0 aromatic rings. The van der Waals surface area contributed by atoms with Gasteiger partial charge in [0.25, 0.3) is 0 Å². The summed E-state index contributed by atoms with van der Waals surface area (Å²) in [5, 5.41) is 8.04. The summed E-state index contributed by atoms with van der Waals surface area (Å²) in [7, 11) is 0. The third-order valence-corrected chi connectivity index (χ3v) is 0.805. The molecule has 0 saturated carbocycles. The zero-order valence-electron chi connectivity index (χ0n) is 3.76. The summed E-state index contributed by atoms with van der Waals surface area (Å²) in [6.45, 7) is 0.631. The number of carboxylic acid groups (broad SMARTS) is 1. The van der Waals surface area contributed by atoms with Crippen LogP contribution in [0.3, 0.4) is 0 Å². The third kappa shape index (κ3) is 1.55. The molecule has 1 rings (SSSR count). The summed E-state index contributed by atoms with van der Waals surface area (Å²) in [4.78, 5) is 9.77. The smallest absolute Gasteiger partial charge is 0.306 e. The van der Waals surface area contributed by atoms with Gasteiger partial charge in [0.05, 0.1) is 19.1 Å². The van der Waals surface area contributed by atoms with Gasteiger partial charge in [-0.3, -0.25) is 4.79 Å². The molecule has 40 valence electrons. The molecule has 1 atom stereocenters. The van der Waals surface area contributed by atoms with Crippen molar-refractivity contribution in [2.24, 2.45) is 0 Å². The van der Waals surface area contributed by atoms with Crippen LogP contribution in [-0.4, -0.2) is 23.8 Å². The fourth-order valence-electron chi connectivity index (χ4n) is 0.381. The van der Waals surface area contributed by atoms with Crippen LogP contribution < -0.4 is 0 Å². The molecule has 0 aromatic heterocycles. The van der Waals surface area contributed by atoms with Crippen molar-refractivity contribution in [3.8, 4) is 0 Å². The second-order valence-electron chi connectivity index (χ2n) is 1.55. The molecule has 0 aromatic carbocycles. The van der Waals surface area contributed by atoms with Crippen LogP contribution in [0.2, 0.25) is 0 Å². The Bertz CT molecular complexity index is 84.9. The molecule has 1 fully saturated rings. The number of aliphatic carboxylic acids is 1. The van der Waals surface area contributed by atoms with E-state index in [1.165, 1.54) is 0 Å². The summed E-state index contributed by atoms with van der Waals surface area (Å²) in [5.41, 5.74) is 0. The van der Waals surface area contributed by atoms with Gasteiger partial charge in [-0.1, -0.05) is 0 Å². The average Bonchev–Trinajstić information content (AvgIpc) is 2.17. The first-order valence-electron chi connectivity index (χ1n) is 2.12. The second kappa shape index (κ2) is 1.50. The van der Waals surface area contributed by atoms with Crippen LogP contribution in [-0.2, 0) is 9.53 Å². The number of epoxide rings is 1. The summed E-state index contributed by atoms with van der Waals surface area (Å²) < 4.78 is 4.64. The SMILES string of the molecule is O=C(O)C[C@@H]1CO1. The Kier molecular flexibility index (Phi) is 0.982. The standard InChI is InChI=1S/C4H6O3/c5-4(6)1-3-2-7-3/h3H,1-2H2,(H,5,6)/t3-/m1/s1. The van der Waals surface area contributed by atoms with Gasteiger partial charge in [0, 0.05) is 0 Å². The highest BCUT2D eigenvalue weighted by atomic mass is 16.6. The zero-order chi connectivity index (χ0) is 5.28. The second-order valence-corrected chi connectivity index (χ2v) is 1.55. The lowest BCUT2D eigenvalue weighted by Crippen LogP contribution is -1.98. The van der Waals surface area contributed by atoms with E-state index in [9.17, 15) is 4.79 Å². The van der Waals surface area contributed by atoms with Crippen molar-refractivity contribution in [3.05, 3.63) is 0 Å². The highest BCUT2D eigenvalue weighted by Gasteiger charge is 2.24. The van der Waals surface area contributed by atoms with Gasteiger partial charge in [0.1, 0.15) is 0 Å². The minimum absolute atomic E-state index is 0.0255. The van der Waals surface area contributed by atoms with Crippen LogP contribution in [0.1, 0.15) is 6.42 Å². The van der Waals surface area contributed by atoms with E-state index in [4.69, 9.17) is 5.11 Å². The number of ether oxygens (including phenoxy) is 1. The van der Waals surface area contributed by atoms with Crippen molar-refractivity contribution in [1.82, 2.24) is 0 Å². The number of hydrogen-bond donors (Lipinski definition) is 1. The van der Waals surface area contributed by atoms with Gasteiger partial charge in [-0.2, -0.15) is 0 Å². The first-order valence-corrected chi connectivity index (χ1v) is 2.12. The number of carbonyl (C=O) groups is 1. The topological polar surface area (TPSA) is 49.8 Å².